The van der Waals surface area contributed by atoms with Gasteiger partial charge in [-0.3, -0.25) is 9.59 Å². The molecule has 4 aromatic rings. The first-order valence-corrected chi connectivity index (χ1v) is 10.4. The van der Waals surface area contributed by atoms with Crippen molar-refractivity contribution in [2.24, 2.45) is 0 Å². The van der Waals surface area contributed by atoms with Gasteiger partial charge in [0.2, 0.25) is 11.2 Å². The first-order chi connectivity index (χ1) is 15.4. The number of halogens is 3. The molecule has 9 heteroatoms. The Morgan fingerprint density at radius 2 is 1.75 bits per heavy atom. The average molecular weight is 491 g/mol. The highest BCUT2D eigenvalue weighted by Crippen LogP contribution is 2.29. The smallest absolute Gasteiger partial charge is 0.262 e. The van der Waals surface area contributed by atoms with Gasteiger partial charge in [-0.25, -0.2) is 0 Å². The summed E-state index contributed by atoms with van der Waals surface area (Å²) in [5.41, 5.74) is 0.284. The van der Waals surface area contributed by atoms with Gasteiger partial charge >= 0.3 is 0 Å². The summed E-state index contributed by atoms with van der Waals surface area (Å²) in [5.74, 6) is 0.246. The van der Waals surface area contributed by atoms with E-state index in [2.05, 4.69) is 5.32 Å². The summed E-state index contributed by atoms with van der Waals surface area (Å²) in [7, 11) is 0. The molecule has 162 valence electrons. The number of ether oxygens (including phenoxy) is 2. The monoisotopic (exact) mass is 489 g/mol. The molecule has 0 atom stereocenters. The van der Waals surface area contributed by atoms with Crippen molar-refractivity contribution in [3.63, 3.8) is 0 Å². The molecule has 0 unspecified atom stereocenters. The summed E-state index contributed by atoms with van der Waals surface area (Å²) in [6, 6.07) is 16.1. The molecule has 0 saturated carbocycles. The summed E-state index contributed by atoms with van der Waals surface area (Å²) in [6.45, 7) is -0.285. The van der Waals surface area contributed by atoms with Crippen LogP contribution < -0.4 is 20.2 Å². The number of carbonyl (C=O) groups excluding carboxylic acids is 1. The summed E-state index contributed by atoms with van der Waals surface area (Å²) < 4.78 is 16.6. The van der Waals surface area contributed by atoms with Crippen LogP contribution in [0.4, 0.5) is 5.69 Å². The number of nitrogens with one attached hydrogen (secondary N) is 1. The minimum absolute atomic E-state index is 0.00273. The maximum Gasteiger partial charge on any atom is 0.262 e. The first-order valence-electron chi connectivity index (χ1n) is 9.26. The molecule has 0 aliphatic heterocycles. The summed E-state index contributed by atoms with van der Waals surface area (Å²) in [5, 5.41) is 4.07. The van der Waals surface area contributed by atoms with Crippen LogP contribution in [0, 0.1) is 0 Å². The highest BCUT2D eigenvalue weighted by molar-refractivity contribution is 6.35. The van der Waals surface area contributed by atoms with Gasteiger partial charge in [0.05, 0.1) is 21.1 Å². The van der Waals surface area contributed by atoms with E-state index in [-0.39, 0.29) is 28.8 Å². The zero-order chi connectivity index (χ0) is 22.7. The van der Waals surface area contributed by atoms with Crippen LogP contribution >= 0.6 is 34.8 Å². The van der Waals surface area contributed by atoms with E-state index in [1.54, 1.807) is 42.5 Å². The molecule has 1 N–H and O–H groups in total. The summed E-state index contributed by atoms with van der Waals surface area (Å²) in [4.78, 5) is 24.9. The van der Waals surface area contributed by atoms with E-state index in [1.807, 2.05) is 0 Å². The lowest BCUT2D eigenvalue weighted by Crippen LogP contribution is -2.20. The second-order valence-corrected chi connectivity index (χ2v) is 7.83. The molecule has 1 aromatic heterocycles. The van der Waals surface area contributed by atoms with Crippen molar-refractivity contribution >= 4 is 57.4 Å². The van der Waals surface area contributed by atoms with Crippen LogP contribution in [0.5, 0.6) is 17.2 Å². The van der Waals surface area contributed by atoms with Gasteiger partial charge in [0.15, 0.2) is 6.61 Å². The van der Waals surface area contributed by atoms with E-state index in [0.717, 1.165) is 0 Å². The fourth-order valence-electron chi connectivity index (χ4n) is 2.83. The number of para-hydroxylation sites is 1. The van der Waals surface area contributed by atoms with E-state index >= 15 is 0 Å². The predicted octanol–water partition coefficient (Wildman–Crippen LogP) is 6.56. The number of rotatable bonds is 6. The van der Waals surface area contributed by atoms with E-state index in [4.69, 9.17) is 48.7 Å². The van der Waals surface area contributed by atoms with Gasteiger partial charge in [-0.1, -0.05) is 46.9 Å². The third-order valence-corrected chi connectivity index (χ3v) is 5.22. The Balaban J connectivity index is 1.47. The van der Waals surface area contributed by atoms with Crippen LogP contribution in [-0.2, 0) is 4.79 Å². The molecule has 0 aliphatic carbocycles. The Kier molecular flexibility index (Phi) is 6.55. The normalized spacial score (nSPS) is 10.7. The van der Waals surface area contributed by atoms with Gasteiger partial charge in [-0.2, -0.15) is 0 Å². The third-order valence-electron chi connectivity index (χ3n) is 4.34. The van der Waals surface area contributed by atoms with Crippen molar-refractivity contribution in [3.05, 3.63) is 92.2 Å². The molecule has 1 amide bonds. The second-order valence-electron chi connectivity index (χ2n) is 6.58. The quantitative estimate of drug-likeness (QED) is 0.331. The molecule has 1 heterocycles. The Morgan fingerprint density at radius 1 is 0.938 bits per heavy atom. The van der Waals surface area contributed by atoms with Gasteiger partial charge < -0.3 is 19.2 Å². The molecule has 6 nitrogen and oxygen atoms in total. The molecule has 4 rings (SSSR count). The zero-order valence-corrected chi connectivity index (χ0v) is 18.5. The zero-order valence-electron chi connectivity index (χ0n) is 16.2. The number of hydrogen-bond donors (Lipinski definition) is 1. The van der Waals surface area contributed by atoms with E-state index in [1.165, 1.54) is 24.5 Å². The Hall–Kier alpha value is -3.19. The summed E-state index contributed by atoms with van der Waals surface area (Å²) in [6.07, 6.45) is 1.20. The Labute approximate surface area is 197 Å². The lowest BCUT2D eigenvalue weighted by molar-refractivity contribution is -0.118. The van der Waals surface area contributed by atoms with Crippen molar-refractivity contribution in [1.29, 1.82) is 0 Å². The number of anilines is 1. The third kappa shape index (κ3) is 4.99. The molecule has 0 bridgehead atoms. The van der Waals surface area contributed by atoms with E-state index in [0.29, 0.717) is 32.3 Å². The highest BCUT2D eigenvalue weighted by atomic mass is 35.5. The standard InChI is InChI=1S/C23H14Cl3NO5/c24-13-5-8-16(25)18(9-13)27-22(28)12-30-14-6-7-15-20(10-14)31-11-21(23(15)29)32-19-4-2-1-3-17(19)26/h1-11H,12H2,(H,27,28). The highest BCUT2D eigenvalue weighted by Gasteiger charge is 2.13. The lowest BCUT2D eigenvalue weighted by Gasteiger charge is -2.10. The molecular formula is C23H14Cl3NO5. The van der Waals surface area contributed by atoms with Crippen LogP contribution in [0.2, 0.25) is 15.1 Å². The molecular weight excluding hydrogens is 477 g/mol. The minimum atomic E-state index is -0.431. The Morgan fingerprint density at radius 3 is 2.56 bits per heavy atom. The molecule has 0 saturated heterocycles. The van der Waals surface area contributed by atoms with Crippen LogP contribution in [0.3, 0.4) is 0 Å². The lowest BCUT2D eigenvalue weighted by atomic mass is 10.2. The van der Waals surface area contributed by atoms with Crippen molar-refractivity contribution in [2.45, 2.75) is 0 Å². The van der Waals surface area contributed by atoms with Crippen molar-refractivity contribution in [1.82, 2.24) is 0 Å². The maximum atomic E-state index is 12.7. The molecule has 0 spiro atoms. The fourth-order valence-corrected chi connectivity index (χ4v) is 3.34. The first kappa shape index (κ1) is 22.0. The van der Waals surface area contributed by atoms with Crippen molar-refractivity contribution in [3.8, 4) is 17.2 Å². The fraction of sp³-hybridized carbons (Fsp3) is 0.0435. The Bertz CT molecular complexity index is 1370. The second kappa shape index (κ2) is 9.53. The largest absolute Gasteiger partial charge is 0.484 e. The van der Waals surface area contributed by atoms with E-state index in [9.17, 15) is 9.59 Å². The van der Waals surface area contributed by atoms with Crippen LogP contribution in [0.15, 0.2) is 76.1 Å². The number of benzene rings is 3. The van der Waals surface area contributed by atoms with Gasteiger partial charge in [0, 0.05) is 11.1 Å². The average Bonchev–Trinajstić information content (AvgIpc) is 2.78. The maximum absolute atomic E-state index is 12.7. The van der Waals surface area contributed by atoms with Crippen molar-refractivity contribution < 1.29 is 18.7 Å². The number of fused-ring (bicyclic) bond motifs is 1. The molecule has 32 heavy (non-hydrogen) atoms. The number of hydrogen-bond acceptors (Lipinski definition) is 5. The van der Waals surface area contributed by atoms with Crippen LogP contribution in [0.25, 0.3) is 11.0 Å². The minimum Gasteiger partial charge on any atom is -0.484 e. The molecule has 0 radical (unpaired) electrons. The van der Waals surface area contributed by atoms with Gasteiger partial charge in [0.1, 0.15) is 23.3 Å². The van der Waals surface area contributed by atoms with Gasteiger partial charge in [0.25, 0.3) is 5.91 Å². The molecule has 0 fully saturated rings. The summed E-state index contributed by atoms with van der Waals surface area (Å²) >= 11 is 18.0. The van der Waals surface area contributed by atoms with Crippen LogP contribution in [-0.4, -0.2) is 12.5 Å². The SMILES string of the molecule is O=C(COc1ccc2c(=O)c(Oc3ccccc3Cl)coc2c1)Nc1cc(Cl)ccc1Cl. The molecule has 0 aliphatic rings. The molecule has 3 aromatic carbocycles. The van der Waals surface area contributed by atoms with Crippen molar-refractivity contribution in [2.75, 3.05) is 11.9 Å². The number of carbonyl (C=O) groups is 1. The van der Waals surface area contributed by atoms with Gasteiger partial charge in [-0.15, -0.1) is 0 Å². The van der Waals surface area contributed by atoms with E-state index < -0.39 is 5.91 Å². The topological polar surface area (TPSA) is 77.8 Å². The van der Waals surface area contributed by atoms with Crippen LogP contribution in [0.1, 0.15) is 0 Å². The number of amides is 1. The predicted molar refractivity (Wildman–Crippen MR) is 125 cm³/mol. The van der Waals surface area contributed by atoms with Gasteiger partial charge in [-0.05, 0) is 42.5 Å².